The van der Waals surface area contributed by atoms with Crippen LogP contribution in [-0.2, 0) is 30.5 Å². The Hall–Kier alpha value is -2.63. The van der Waals surface area contributed by atoms with Gasteiger partial charge in [0.2, 0.25) is 10.0 Å². The summed E-state index contributed by atoms with van der Waals surface area (Å²) in [4.78, 5) is 22.7. The van der Waals surface area contributed by atoms with Gasteiger partial charge in [-0.2, -0.15) is 13.2 Å². The van der Waals surface area contributed by atoms with E-state index in [1.165, 1.54) is 0 Å². The van der Waals surface area contributed by atoms with Crippen molar-refractivity contribution in [2.75, 3.05) is 18.5 Å². The number of para-hydroxylation sites is 1. The van der Waals surface area contributed by atoms with Crippen molar-refractivity contribution in [2.45, 2.75) is 23.9 Å². The first-order valence-corrected chi connectivity index (χ1v) is 10.7. The van der Waals surface area contributed by atoms with E-state index in [0.29, 0.717) is 11.8 Å². The second-order valence-electron chi connectivity index (χ2n) is 6.22. The Kier molecular flexibility index (Phi) is 8.43. The molecule has 0 unspecified atom stereocenters. The smallest absolute Gasteiger partial charge is 0.417 e. The van der Waals surface area contributed by atoms with E-state index in [1.807, 2.05) is 0 Å². The fourth-order valence-electron chi connectivity index (χ4n) is 2.35. The van der Waals surface area contributed by atoms with Crippen molar-refractivity contribution in [3.63, 3.8) is 0 Å². The quantitative estimate of drug-likeness (QED) is 0.423. The number of halogens is 4. The number of benzene rings is 2. The Bertz CT molecular complexity index is 1030. The highest BCUT2D eigenvalue weighted by molar-refractivity contribution is 7.89. The number of carbonyl (C=O) groups is 2. The average molecular weight is 479 g/mol. The molecule has 2 aromatic rings. The molecule has 0 aliphatic carbocycles. The number of nitrogens with one attached hydrogen (secondary N) is 2. The number of rotatable bonds is 9. The first kappa shape index (κ1) is 24.6. The molecule has 168 valence electrons. The standard InChI is InChI=1S/C19H18ClF3N2O5S/c20-16-9-8-14(11-15(16)19(21,22)23)31(28,29)24-10-4-7-18(27)30-12-17(26)25-13-5-2-1-3-6-13/h1-3,5-6,8-9,11,24H,4,7,10,12H2,(H,25,26). The molecule has 2 rings (SSSR count). The highest BCUT2D eigenvalue weighted by atomic mass is 35.5. The second-order valence-corrected chi connectivity index (χ2v) is 8.39. The molecule has 0 spiro atoms. The van der Waals surface area contributed by atoms with Gasteiger partial charge in [0.25, 0.3) is 5.91 Å². The number of sulfonamides is 1. The summed E-state index contributed by atoms with van der Waals surface area (Å²) >= 11 is 5.47. The minimum atomic E-state index is -4.81. The van der Waals surface area contributed by atoms with Gasteiger partial charge in [-0.05, 0) is 36.8 Å². The lowest BCUT2D eigenvalue weighted by Gasteiger charge is -2.12. The van der Waals surface area contributed by atoms with Gasteiger partial charge in [-0.25, -0.2) is 13.1 Å². The normalized spacial score (nSPS) is 11.7. The Labute approximate surface area is 181 Å². The van der Waals surface area contributed by atoms with Crippen LogP contribution in [0, 0.1) is 0 Å². The number of hydrogen-bond donors (Lipinski definition) is 2. The van der Waals surface area contributed by atoms with E-state index < -0.39 is 50.2 Å². The van der Waals surface area contributed by atoms with Crippen LogP contribution < -0.4 is 10.0 Å². The van der Waals surface area contributed by atoms with Gasteiger partial charge in [0.05, 0.1) is 15.5 Å². The number of anilines is 1. The lowest BCUT2D eigenvalue weighted by atomic mass is 10.2. The Morgan fingerprint density at radius 1 is 1.06 bits per heavy atom. The van der Waals surface area contributed by atoms with Gasteiger partial charge in [0.1, 0.15) is 0 Å². The minimum absolute atomic E-state index is 0.0120. The molecule has 12 heteroatoms. The van der Waals surface area contributed by atoms with Gasteiger partial charge >= 0.3 is 12.1 Å². The zero-order chi connectivity index (χ0) is 23.1. The number of hydrogen-bond acceptors (Lipinski definition) is 5. The molecule has 0 aliphatic heterocycles. The molecule has 2 N–H and O–H groups in total. The SMILES string of the molecule is O=C(COC(=O)CCCNS(=O)(=O)c1ccc(Cl)c(C(F)(F)F)c1)Nc1ccccc1. The molecule has 0 heterocycles. The highest BCUT2D eigenvalue weighted by Crippen LogP contribution is 2.35. The lowest BCUT2D eigenvalue weighted by molar-refractivity contribution is -0.147. The lowest BCUT2D eigenvalue weighted by Crippen LogP contribution is -2.26. The van der Waals surface area contributed by atoms with Crippen molar-refractivity contribution in [3.8, 4) is 0 Å². The highest BCUT2D eigenvalue weighted by Gasteiger charge is 2.34. The first-order chi connectivity index (χ1) is 14.5. The molecule has 0 fully saturated rings. The van der Waals surface area contributed by atoms with Gasteiger partial charge in [-0.1, -0.05) is 29.8 Å². The Morgan fingerprint density at radius 2 is 1.74 bits per heavy atom. The molecular formula is C19H18ClF3N2O5S. The van der Waals surface area contributed by atoms with Crippen LogP contribution >= 0.6 is 11.6 Å². The predicted molar refractivity (Wildman–Crippen MR) is 107 cm³/mol. The summed E-state index contributed by atoms with van der Waals surface area (Å²) in [5, 5.41) is 1.90. The third kappa shape index (κ3) is 7.85. The van der Waals surface area contributed by atoms with Crippen LogP contribution in [-0.4, -0.2) is 33.4 Å². The Morgan fingerprint density at radius 3 is 2.39 bits per heavy atom. The molecule has 2 aromatic carbocycles. The maximum atomic E-state index is 12.9. The summed E-state index contributed by atoms with van der Waals surface area (Å²) in [6.45, 7) is -0.734. The number of alkyl halides is 3. The predicted octanol–water partition coefficient (Wildman–Crippen LogP) is 3.60. The zero-order valence-electron chi connectivity index (χ0n) is 15.9. The van der Waals surface area contributed by atoms with E-state index in [1.54, 1.807) is 30.3 Å². The fraction of sp³-hybridized carbons (Fsp3) is 0.263. The van der Waals surface area contributed by atoms with E-state index in [2.05, 4.69) is 10.0 Å². The molecule has 0 bridgehead atoms. The number of carbonyl (C=O) groups excluding carboxylic acids is 2. The maximum absolute atomic E-state index is 12.9. The van der Waals surface area contributed by atoms with Gasteiger partial charge in [-0.15, -0.1) is 0 Å². The summed E-state index contributed by atoms with van der Waals surface area (Å²) in [6.07, 6.45) is -4.99. The van der Waals surface area contributed by atoms with E-state index in [-0.39, 0.29) is 19.4 Å². The molecule has 7 nitrogen and oxygen atoms in total. The van der Waals surface area contributed by atoms with Gasteiger partial charge in [0.15, 0.2) is 6.61 Å². The summed E-state index contributed by atoms with van der Waals surface area (Å²) in [7, 11) is -4.24. The summed E-state index contributed by atoms with van der Waals surface area (Å²) in [6, 6.07) is 10.7. The molecule has 0 saturated carbocycles. The van der Waals surface area contributed by atoms with E-state index in [9.17, 15) is 31.2 Å². The van der Waals surface area contributed by atoms with Crippen molar-refractivity contribution < 1.29 is 35.9 Å². The molecule has 0 radical (unpaired) electrons. The maximum Gasteiger partial charge on any atom is 0.417 e. The van der Waals surface area contributed by atoms with Crippen molar-refractivity contribution >= 4 is 39.2 Å². The third-order valence-corrected chi connectivity index (χ3v) is 5.61. The number of esters is 1. The molecule has 0 saturated heterocycles. The van der Waals surface area contributed by atoms with E-state index in [0.717, 1.165) is 12.1 Å². The van der Waals surface area contributed by atoms with Crippen LogP contribution in [0.15, 0.2) is 53.4 Å². The molecule has 0 aromatic heterocycles. The van der Waals surface area contributed by atoms with Crippen LogP contribution in [0.4, 0.5) is 18.9 Å². The van der Waals surface area contributed by atoms with Crippen LogP contribution in [0.5, 0.6) is 0 Å². The number of ether oxygens (including phenoxy) is 1. The first-order valence-electron chi connectivity index (χ1n) is 8.86. The van der Waals surface area contributed by atoms with Crippen LogP contribution in [0.3, 0.4) is 0 Å². The number of amides is 1. The van der Waals surface area contributed by atoms with Crippen LogP contribution in [0.1, 0.15) is 18.4 Å². The Balaban J connectivity index is 1.77. The van der Waals surface area contributed by atoms with E-state index in [4.69, 9.17) is 16.3 Å². The largest absolute Gasteiger partial charge is 0.456 e. The van der Waals surface area contributed by atoms with Crippen molar-refractivity contribution in [1.29, 1.82) is 0 Å². The third-order valence-electron chi connectivity index (χ3n) is 3.83. The average Bonchev–Trinajstić information content (AvgIpc) is 2.70. The van der Waals surface area contributed by atoms with Crippen molar-refractivity contribution in [3.05, 3.63) is 59.1 Å². The fourth-order valence-corrected chi connectivity index (χ4v) is 3.67. The topological polar surface area (TPSA) is 102 Å². The molecule has 1 amide bonds. The van der Waals surface area contributed by atoms with Gasteiger partial charge in [0, 0.05) is 18.7 Å². The second kappa shape index (κ2) is 10.6. The zero-order valence-corrected chi connectivity index (χ0v) is 17.5. The van der Waals surface area contributed by atoms with Gasteiger partial charge in [-0.3, -0.25) is 9.59 Å². The molecule has 0 aliphatic rings. The van der Waals surface area contributed by atoms with Crippen LogP contribution in [0.25, 0.3) is 0 Å². The van der Waals surface area contributed by atoms with Gasteiger partial charge < -0.3 is 10.1 Å². The van der Waals surface area contributed by atoms with Crippen molar-refractivity contribution in [2.24, 2.45) is 0 Å². The summed E-state index contributed by atoms with van der Waals surface area (Å²) in [5.41, 5.74) is -0.733. The molecular weight excluding hydrogens is 461 g/mol. The summed E-state index contributed by atoms with van der Waals surface area (Å²) in [5.74, 6) is -1.27. The van der Waals surface area contributed by atoms with Crippen LogP contribution in [0.2, 0.25) is 5.02 Å². The van der Waals surface area contributed by atoms with E-state index >= 15 is 0 Å². The van der Waals surface area contributed by atoms with Crippen molar-refractivity contribution in [1.82, 2.24) is 4.72 Å². The minimum Gasteiger partial charge on any atom is -0.456 e. The molecule has 0 atom stereocenters. The summed E-state index contributed by atoms with van der Waals surface area (Å²) < 4.78 is 69.9. The monoisotopic (exact) mass is 478 g/mol. The molecule has 31 heavy (non-hydrogen) atoms.